The zero-order chi connectivity index (χ0) is 18.1. The van der Waals surface area contributed by atoms with E-state index in [4.69, 9.17) is 14.2 Å². The van der Waals surface area contributed by atoms with Crippen LogP contribution in [0.15, 0.2) is 30.3 Å². The molecule has 0 bridgehead atoms. The molecule has 3 rings (SSSR count). The molecule has 2 aromatic carbocycles. The second-order valence-electron chi connectivity index (χ2n) is 6.86. The van der Waals surface area contributed by atoms with E-state index < -0.39 is 0 Å². The number of methoxy groups -OCH3 is 3. The molecule has 0 unspecified atom stereocenters. The van der Waals surface area contributed by atoms with Crippen LogP contribution in [-0.2, 0) is 6.42 Å². The second-order valence-corrected chi connectivity index (χ2v) is 6.86. The predicted molar refractivity (Wildman–Crippen MR) is 98.1 cm³/mol. The third-order valence-electron chi connectivity index (χ3n) is 5.51. The van der Waals surface area contributed by atoms with Crippen LogP contribution in [0.2, 0.25) is 0 Å². The molecule has 0 heterocycles. The Morgan fingerprint density at radius 2 is 1.52 bits per heavy atom. The van der Waals surface area contributed by atoms with Gasteiger partial charge in [0, 0.05) is 5.92 Å². The van der Waals surface area contributed by atoms with Crippen molar-refractivity contribution in [3.8, 4) is 23.0 Å². The highest BCUT2D eigenvalue weighted by Crippen LogP contribution is 2.47. The fourth-order valence-corrected chi connectivity index (χ4v) is 3.92. The van der Waals surface area contributed by atoms with Gasteiger partial charge in [0.1, 0.15) is 0 Å². The average molecular weight is 342 g/mol. The third-order valence-corrected chi connectivity index (χ3v) is 5.51. The Balaban J connectivity index is 2.17. The SMILES string of the molecule is COc1cc([C@@H]2c3cc(OC)c(OC)cc3C[C@@H](C)[C@H]2C)ccc1O. The minimum absolute atomic E-state index is 0.162. The predicted octanol–water partition coefficient (Wildman–Crippen LogP) is 4.38. The van der Waals surface area contributed by atoms with Gasteiger partial charge < -0.3 is 19.3 Å². The van der Waals surface area contributed by atoms with Crippen molar-refractivity contribution in [3.05, 3.63) is 47.0 Å². The molecule has 1 N–H and O–H groups in total. The van der Waals surface area contributed by atoms with Crippen LogP contribution in [0.1, 0.15) is 36.5 Å². The monoisotopic (exact) mass is 342 g/mol. The van der Waals surface area contributed by atoms with Crippen LogP contribution < -0.4 is 14.2 Å². The van der Waals surface area contributed by atoms with Gasteiger partial charge in [0.2, 0.25) is 0 Å². The van der Waals surface area contributed by atoms with Gasteiger partial charge in [-0.1, -0.05) is 19.9 Å². The highest BCUT2D eigenvalue weighted by atomic mass is 16.5. The molecule has 3 atom stereocenters. The largest absolute Gasteiger partial charge is 0.504 e. The molecule has 4 nitrogen and oxygen atoms in total. The lowest BCUT2D eigenvalue weighted by Gasteiger charge is -2.37. The van der Waals surface area contributed by atoms with Crippen molar-refractivity contribution in [1.29, 1.82) is 0 Å². The number of aromatic hydroxyl groups is 1. The van der Waals surface area contributed by atoms with E-state index in [1.54, 1.807) is 27.4 Å². The van der Waals surface area contributed by atoms with E-state index in [1.165, 1.54) is 11.1 Å². The molecule has 0 radical (unpaired) electrons. The number of fused-ring (bicyclic) bond motifs is 1. The summed E-state index contributed by atoms with van der Waals surface area (Å²) in [7, 11) is 4.91. The lowest BCUT2D eigenvalue weighted by molar-refractivity contribution is 0.317. The molecule has 0 amide bonds. The standard InChI is InChI=1S/C21H26O4/c1-12-8-15-10-19(24-4)20(25-5)11-16(15)21(13(12)2)14-6-7-17(22)18(9-14)23-3/h6-7,9-13,21-22H,8H2,1-5H3/t12-,13-,21-/m1/s1. The Labute approximate surface area is 149 Å². The Morgan fingerprint density at radius 3 is 2.16 bits per heavy atom. The lowest BCUT2D eigenvalue weighted by Crippen LogP contribution is -2.27. The van der Waals surface area contributed by atoms with E-state index >= 15 is 0 Å². The zero-order valence-electron chi connectivity index (χ0n) is 15.5. The van der Waals surface area contributed by atoms with Crippen molar-refractivity contribution in [2.75, 3.05) is 21.3 Å². The van der Waals surface area contributed by atoms with Crippen molar-refractivity contribution in [2.45, 2.75) is 26.2 Å². The Hall–Kier alpha value is -2.36. The maximum absolute atomic E-state index is 9.94. The molecule has 0 aliphatic heterocycles. The van der Waals surface area contributed by atoms with Gasteiger partial charge in [-0.3, -0.25) is 0 Å². The summed E-state index contributed by atoms with van der Waals surface area (Å²) in [6, 6.07) is 9.83. The van der Waals surface area contributed by atoms with Gasteiger partial charge >= 0.3 is 0 Å². The number of phenols is 1. The highest BCUT2D eigenvalue weighted by molar-refractivity contribution is 5.54. The second kappa shape index (κ2) is 6.87. The summed E-state index contributed by atoms with van der Waals surface area (Å²) in [5.74, 6) is 3.40. The maximum atomic E-state index is 9.94. The molecule has 2 aromatic rings. The number of rotatable bonds is 4. The van der Waals surface area contributed by atoms with Crippen LogP contribution in [0, 0.1) is 11.8 Å². The molecular weight excluding hydrogens is 316 g/mol. The first-order valence-electron chi connectivity index (χ1n) is 8.61. The van der Waals surface area contributed by atoms with Crippen molar-refractivity contribution in [1.82, 2.24) is 0 Å². The molecule has 25 heavy (non-hydrogen) atoms. The van der Waals surface area contributed by atoms with Crippen LogP contribution >= 0.6 is 0 Å². The van der Waals surface area contributed by atoms with Crippen LogP contribution in [0.25, 0.3) is 0 Å². The van der Waals surface area contributed by atoms with Gasteiger partial charge in [-0.25, -0.2) is 0 Å². The van der Waals surface area contributed by atoms with E-state index in [0.717, 1.165) is 23.5 Å². The summed E-state index contributed by atoms with van der Waals surface area (Å²) in [6.07, 6.45) is 1.02. The van der Waals surface area contributed by atoms with Crippen molar-refractivity contribution >= 4 is 0 Å². The van der Waals surface area contributed by atoms with Crippen molar-refractivity contribution in [2.24, 2.45) is 11.8 Å². The molecule has 1 aliphatic carbocycles. The number of phenolic OH excluding ortho intramolecular Hbond substituents is 1. The van der Waals surface area contributed by atoms with Gasteiger partial charge in [-0.2, -0.15) is 0 Å². The Kier molecular flexibility index (Phi) is 4.80. The fourth-order valence-electron chi connectivity index (χ4n) is 3.92. The van der Waals surface area contributed by atoms with Crippen LogP contribution in [0.5, 0.6) is 23.0 Å². The number of hydrogen-bond donors (Lipinski definition) is 1. The van der Waals surface area contributed by atoms with E-state index in [0.29, 0.717) is 17.6 Å². The lowest BCUT2D eigenvalue weighted by atomic mass is 9.68. The molecule has 0 spiro atoms. The minimum atomic E-state index is 0.162. The molecule has 0 aromatic heterocycles. The number of benzene rings is 2. The number of ether oxygens (including phenoxy) is 3. The van der Waals surface area contributed by atoms with Gasteiger partial charge in [-0.05, 0) is 59.2 Å². The van der Waals surface area contributed by atoms with Gasteiger partial charge in [0.05, 0.1) is 21.3 Å². The van der Waals surface area contributed by atoms with E-state index in [-0.39, 0.29) is 11.7 Å². The fraction of sp³-hybridized carbons (Fsp3) is 0.429. The number of hydrogen-bond acceptors (Lipinski definition) is 4. The van der Waals surface area contributed by atoms with E-state index in [2.05, 4.69) is 26.0 Å². The van der Waals surface area contributed by atoms with E-state index in [9.17, 15) is 5.11 Å². The molecule has 4 heteroatoms. The third kappa shape index (κ3) is 3.01. The van der Waals surface area contributed by atoms with Gasteiger partial charge in [-0.15, -0.1) is 0 Å². The molecule has 0 saturated heterocycles. The first kappa shape index (κ1) is 17.5. The molecule has 134 valence electrons. The van der Waals surface area contributed by atoms with Crippen LogP contribution in [-0.4, -0.2) is 26.4 Å². The summed E-state index contributed by atoms with van der Waals surface area (Å²) < 4.78 is 16.3. The Morgan fingerprint density at radius 1 is 0.880 bits per heavy atom. The van der Waals surface area contributed by atoms with Gasteiger partial charge in [0.25, 0.3) is 0 Å². The summed E-state index contributed by atoms with van der Waals surface area (Å²) in [5, 5.41) is 9.94. The molecule has 0 fully saturated rings. The summed E-state index contributed by atoms with van der Waals surface area (Å²) in [6.45, 7) is 4.57. The zero-order valence-corrected chi connectivity index (χ0v) is 15.5. The quantitative estimate of drug-likeness (QED) is 0.896. The topological polar surface area (TPSA) is 47.9 Å². The first-order chi connectivity index (χ1) is 12.0. The summed E-state index contributed by atoms with van der Waals surface area (Å²) in [5.41, 5.74) is 3.69. The molecule has 1 aliphatic rings. The smallest absolute Gasteiger partial charge is 0.161 e. The van der Waals surface area contributed by atoms with Gasteiger partial charge in [0.15, 0.2) is 23.0 Å². The molecule has 0 saturated carbocycles. The summed E-state index contributed by atoms with van der Waals surface area (Å²) >= 11 is 0. The van der Waals surface area contributed by atoms with Crippen LogP contribution in [0.3, 0.4) is 0 Å². The highest BCUT2D eigenvalue weighted by Gasteiger charge is 2.34. The molecular formula is C21H26O4. The summed E-state index contributed by atoms with van der Waals surface area (Å²) in [4.78, 5) is 0. The first-order valence-corrected chi connectivity index (χ1v) is 8.61. The van der Waals surface area contributed by atoms with Crippen molar-refractivity contribution in [3.63, 3.8) is 0 Å². The normalized spacial score (nSPS) is 22.2. The Bertz CT molecular complexity index is 769. The average Bonchev–Trinajstić information content (AvgIpc) is 2.62. The maximum Gasteiger partial charge on any atom is 0.161 e. The van der Waals surface area contributed by atoms with Crippen molar-refractivity contribution < 1.29 is 19.3 Å². The van der Waals surface area contributed by atoms with E-state index in [1.807, 2.05) is 12.1 Å². The van der Waals surface area contributed by atoms with Crippen LogP contribution in [0.4, 0.5) is 0 Å². The minimum Gasteiger partial charge on any atom is -0.504 e.